The second kappa shape index (κ2) is 3.51. The van der Waals surface area contributed by atoms with Crippen molar-refractivity contribution in [2.24, 2.45) is 0 Å². The highest BCUT2D eigenvalue weighted by atomic mass is 32.1. The maximum Gasteiger partial charge on any atom is 0.352 e. The Bertz CT molecular complexity index is 382. The number of thiocarbonyl (C=S) groups is 1. The summed E-state index contributed by atoms with van der Waals surface area (Å²) in [6.45, 7) is 3.49. The molecule has 0 bridgehead atoms. The maximum atomic E-state index is 10.7. The molecule has 1 aromatic heterocycles. The number of hydrogen-bond donors (Lipinski definition) is 3. The van der Waals surface area contributed by atoms with Crippen molar-refractivity contribution in [2.45, 2.75) is 13.8 Å². The van der Waals surface area contributed by atoms with Gasteiger partial charge in [0.1, 0.15) is 5.69 Å². The Balaban J connectivity index is 3.39. The molecule has 0 fully saturated rings. The summed E-state index contributed by atoms with van der Waals surface area (Å²) in [5, 5.41) is 8.79. The summed E-state index contributed by atoms with van der Waals surface area (Å²) < 4.78 is 0.416. The fourth-order valence-corrected chi connectivity index (χ4v) is 1.93. The number of carbonyl (C=O) groups is 1. The van der Waals surface area contributed by atoms with E-state index in [1.165, 1.54) is 0 Å². The third kappa shape index (κ3) is 1.76. The van der Waals surface area contributed by atoms with Gasteiger partial charge in [0.15, 0.2) is 0 Å². The summed E-state index contributed by atoms with van der Waals surface area (Å²) in [4.78, 5) is 13.5. The molecule has 1 heterocycles. The van der Waals surface area contributed by atoms with E-state index < -0.39 is 5.97 Å². The van der Waals surface area contributed by atoms with Gasteiger partial charge in [0.05, 0.1) is 4.20 Å². The molecule has 0 amide bonds. The Hall–Kier alpha value is -0.810. The average Bonchev–Trinajstić information content (AvgIpc) is 2.26. The van der Waals surface area contributed by atoms with Gasteiger partial charge in [-0.05, 0) is 19.4 Å². The Morgan fingerprint density at radius 3 is 2.31 bits per heavy atom. The molecule has 0 saturated carbocycles. The van der Waals surface area contributed by atoms with Crippen LogP contribution in [0.1, 0.15) is 27.3 Å². The molecular formula is C8H9NO2S2. The largest absolute Gasteiger partial charge is 0.477 e. The van der Waals surface area contributed by atoms with Crippen LogP contribution >= 0.6 is 24.8 Å². The molecule has 1 aromatic rings. The Morgan fingerprint density at radius 1 is 1.54 bits per heavy atom. The number of thiol groups is 1. The van der Waals surface area contributed by atoms with Crippen LogP contribution in [0.25, 0.3) is 0 Å². The molecular weight excluding hydrogens is 206 g/mol. The van der Waals surface area contributed by atoms with Gasteiger partial charge in [-0.3, -0.25) is 0 Å². The van der Waals surface area contributed by atoms with Crippen LogP contribution in [-0.4, -0.2) is 20.3 Å². The van der Waals surface area contributed by atoms with E-state index in [0.717, 1.165) is 11.3 Å². The average molecular weight is 215 g/mol. The molecule has 0 saturated heterocycles. The molecule has 2 N–H and O–H groups in total. The van der Waals surface area contributed by atoms with E-state index in [0.29, 0.717) is 9.76 Å². The van der Waals surface area contributed by atoms with Crippen molar-refractivity contribution >= 4 is 35.0 Å². The van der Waals surface area contributed by atoms with Gasteiger partial charge in [-0.2, -0.15) is 0 Å². The summed E-state index contributed by atoms with van der Waals surface area (Å²) in [5.74, 6) is -0.976. The first-order chi connectivity index (χ1) is 5.95. The van der Waals surface area contributed by atoms with Gasteiger partial charge in [0.25, 0.3) is 0 Å². The molecule has 0 radical (unpaired) electrons. The minimum absolute atomic E-state index is 0.184. The lowest BCUT2D eigenvalue weighted by Crippen LogP contribution is -1.99. The molecule has 0 spiro atoms. The fraction of sp³-hybridized carbons (Fsp3) is 0.250. The van der Waals surface area contributed by atoms with Crippen molar-refractivity contribution in [1.82, 2.24) is 4.98 Å². The molecule has 0 aliphatic heterocycles. The van der Waals surface area contributed by atoms with Crippen LogP contribution < -0.4 is 0 Å². The number of aryl methyl sites for hydroxylation is 1. The molecule has 0 aromatic carbocycles. The molecule has 70 valence electrons. The van der Waals surface area contributed by atoms with Crippen molar-refractivity contribution in [1.29, 1.82) is 0 Å². The number of H-pyrrole nitrogens is 1. The first-order valence-electron chi connectivity index (χ1n) is 3.61. The summed E-state index contributed by atoms with van der Waals surface area (Å²) in [7, 11) is 0. The summed E-state index contributed by atoms with van der Waals surface area (Å²) in [6.07, 6.45) is 0. The lowest BCUT2D eigenvalue weighted by Gasteiger charge is -1.96. The molecule has 0 aliphatic carbocycles. The van der Waals surface area contributed by atoms with E-state index in [1.807, 2.05) is 0 Å². The van der Waals surface area contributed by atoms with E-state index >= 15 is 0 Å². The number of rotatable bonds is 2. The monoisotopic (exact) mass is 215 g/mol. The normalized spacial score (nSPS) is 10.1. The van der Waals surface area contributed by atoms with Crippen molar-refractivity contribution in [3.63, 3.8) is 0 Å². The number of aromatic nitrogens is 1. The predicted octanol–water partition coefficient (Wildman–Crippen LogP) is 1.94. The summed E-state index contributed by atoms with van der Waals surface area (Å²) >= 11 is 8.92. The molecule has 0 unspecified atom stereocenters. The van der Waals surface area contributed by atoms with Gasteiger partial charge in [-0.15, -0.1) is 12.6 Å². The topological polar surface area (TPSA) is 53.1 Å². The van der Waals surface area contributed by atoms with Gasteiger partial charge in [-0.1, -0.05) is 12.2 Å². The Morgan fingerprint density at radius 2 is 2.08 bits per heavy atom. The minimum Gasteiger partial charge on any atom is -0.477 e. The summed E-state index contributed by atoms with van der Waals surface area (Å²) in [6, 6.07) is 0. The zero-order valence-electron chi connectivity index (χ0n) is 7.21. The lowest BCUT2D eigenvalue weighted by molar-refractivity contribution is 0.0690. The van der Waals surface area contributed by atoms with Crippen LogP contribution in [0, 0.1) is 13.8 Å². The zero-order valence-corrected chi connectivity index (χ0v) is 8.92. The number of carboxylic acids is 1. The number of aromatic amines is 1. The highest BCUT2D eigenvalue weighted by Crippen LogP contribution is 2.20. The van der Waals surface area contributed by atoms with E-state index in [1.54, 1.807) is 13.8 Å². The number of nitrogens with one attached hydrogen (secondary N) is 1. The van der Waals surface area contributed by atoms with Gasteiger partial charge in [0.2, 0.25) is 0 Å². The van der Waals surface area contributed by atoms with Crippen LogP contribution in [0.15, 0.2) is 0 Å². The quantitative estimate of drug-likeness (QED) is 0.522. The van der Waals surface area contributed by atoms with Crippen molar-refractivity contribution in [2.75, 3.05) is 0 Å². The van der Waals surface area contributed by atoms with Gasteiger partial charge in [-0.25, -0.2) is 4.79 Å². The standard InChI is InChI=1S/C8H9NO2S2/c1-3-5(8(12)13)4(2)9-6(3)7(10)11/h9H,1-2H3,(H,10,11)(H,12,13). The van der Waals surface area contributed by atoms with Crippen LogP contribution in [-0.2, 0) is 0 Å². The highest BCUT2D eigenvalue weighted by molar-refractivity contribution is 8.11. The maximum absolute atomic E-state index is 10.7. The number of hydrogen-bond acceptors (Lipinski definition) is 2. The van der Waals surface area contributed by atoms with Crippen LogP contribution in [0.2, 0.25) is 0 Å². The van der Waals surface area contributed by atoms with Crippen LogP contribution in [0.4, 0.5) is 0 Å². The van der Waals surface area contributed by atoms with Crippen LogP contribution in [0.5, 0.6) is 0 Å². The minimum atomic E-state index is -0.976. The highest BCUT2D eigenvalue weighted by Gasteiger charge is 2.17. The SMILES string of the molecule is Cc1[nH]c(C(=O)O)c(C)c1C(=S)S. The molecule has 13 heavy (non-hydrogen) atoms. The summed E-state index contributed by atoms with van der Waals surface area (Å²) in [5.41, 5.74) is 2.29. The molecule has 0 atom stereocenters. The first kappa shape index (κ1) is 10.3. The second-order valence-corrected chi connectivity index (χ2v) is 3.89. The third-order valence-electron chi connectivity index (χ3n) is 1.87. The Kier molecular flexibility index (Phi) is 2.77. The van der Waals surface area contributed by atoms with E-state index in [-0.39, 0.29) is 5.69 Å². The van der Waals surface area contributed by atoms with Crippen molar-refractivity contribution in [3.8, 4) is 0 Å². The third-order valence-corrected chi connectivity index (χ3v) is 2.29. The zero-order chi connectivity index (χ0) is 10.2. The molecule has 3 nitrogen and oxygen atoms in total. The van der Waals surface area contributed by atoms with Gasteiger partial charge >= 0.3 is 5.97 Å². The lowest BCUT2D eigenvalue weighted by atomic mass is 10.1. The predicted molar refractivity (Wildman–Crippen MR) is 57.9 cm³/mol. The second-order valence-electron chi connectivity index (χ2n) is 2.74. The molecule has 5 heteroatoms. The number of aromatic carboxylic acids is 1. The van der Waals surface area contributed by atoms with Crippen molar-refractivity contribution in [3.05, 3.63) is 22.5 Å². The van der Waals surface area contributed by atoms with Crippen LogP contribution in [0.3, 0.4) is 0 Å². The number of carboxylic acid groups (broad SMARTS) is 1. The first-order valence-corrected chi connectivity index (χ1v) is 4.46. The van der Waals surface area contributed by atoms with E-state index in [9.17, 15) is 4.79 Å². The Labute approximate surface area is 86.6 Å². The molecule has 1 rings (SSSR count). The molecule has 0 aliphatic rings. The smallest absolute Gasteiger partial charge is 0.352 e. The van der Waals surface area contributed by atoms with Gasteiger partial charge < -0.3 is 10.1 Å². The fourth-order valence-electron chi connectivity index (χ4n) is 1.28. The van der Waals surface area contributed by atoms with Crippen molar-refractivity contribution < 1.29 is 9.90 Å². The van der Waals surface area contributed by atoms with E-state index in [2.05, 4.69) is 17.6 Å². The van der Waals surface area contributed by atoms with Gasteiger partial charge in [0, 0.05) is 11.3 Å². The van der Waals surface area contributed by atoms with E-state index in [4.69, 9.17) is 17.3 Å².